The number of rotatable bonds is 5. The minimum absolute atomic E-state index is 0.0978. The summed E-state index contributed by atoms with van der Waals surface area (Å²) in [5.41, 5.74) is 1.63. The molecule has 1 aliphatic rings. The van der Waals surface area contributed by atoms with E-state index < -0.39 is 20.9 Å². The zero-order valence-electron chi connectivity index (χ0n) is 16.2. The van der Waals surface area contributed by atoms with Gasteiger partial charge in [-0.1, -0.05) is 40.9 Å². The van der Waals surface area contributed by atoms with Crippen LogP contribution in [0.25, 0.3) is 0 Å². The number of piperidine rings is 1. The molecule has 4 rings (SSSR count). The quantitative estimate of drug-likeness (QED) is 0.398. The van der Waals surface area contributed by atoms with Crippen molar-refractivity contribution in [3.8, 4) is 0 Å². The fourth-order valence-corrected chi connectivity index (χ4v) is 7.07. The van der Waals surface area contributed by atoms with Crippen LogP contribution in [-0.4, -0.2) is 31.7 Å². The maximum Gasteiger partial charge on any atom is 0.185 e. The molecular formula is C21H18Cl3FN2O2S2. The highest BCUT2D eigenvalue weighted by Gasteiger charge is 2.32. The van der Waals surface area contributed by atoms with Gasteiger partial charge in [-0.15, -0.1) is 11.3 Å². The number of halogens is 4. The number of thiazole rings is 1. The van der Waals surface area contributed by atoms with E-state index in [-0.39, 0.29) is 9.92 Å². The molecule has 2 aromatic carbocycles. The molecular weight excluding hydrogens is 502 g/mol. The highest BCUT2D eigenvalue weighted by atomic mass is 35.5. The van der Waals surface area contributed by atoms with E-state index in [0.29, 0.717) is 42.4 Å². The molecule has 0 bridgehead atoms. The van der Waals surface area contributed by atoms with Crippen molar-refractivity contribution in [2.75, 3.05) is 18.0 Å². The molecule has 1 fully saturated rings. The van der Waals surface area contributed by atoms with Crippen LogP contribution in [0.5, 0.6) is 0 Å². The lowest BCUT2D eigenvalue weighted by atomic mass is 10.1. The summed E-state index contributed by atoms with van der Waals surface area (Å²) in [6, 6.07) is 9.15. The maximum absolute atomic E-state index is 13.7. The Morgan fingerprint density at radius 3 is 2.39 bits per heavy atom. The van der Waals surface area contributed by atoms with E-state index in [1.807, 2.05) is 5.38 Å². The second-order valence-electron chi connectivity index (χ2n) is 7.38. The number of hydrogen-bond acceptors (Lipinski definition) is 5. The molecule has 31 heavy (non-hydrogen) atoms. The molecule has 1 aliphatic heterocycles. The minimum atomic E-state index is -3.51. The Morgan fingerprint density at radius 2 is 1.74 bits per heavy atom. The van der Waals surface area contributed by atoms with Gasteiger partial charge in [0.2, 0.25) is 0 Å². The monoisotopic (exact) mass is 518 g/mol. The molecule has 0 N–H and O–H groups in total. The second kappa shape index (κ2) is 9.24. The van der Waals surface area contributed by atoms with E-state index in [9.17, 15) is 12.8 Å². The zero-order valence-corrected chi connectivity index (χ0v) is 20.1. The van der Waals surface area contributed by atoms with Crippen molar-refractivity contribution in [3.05, 3.63) is 73.9 Å². The van der Waals surface area contributed by atoms with Gasteiger partial charge in [-0.25, -0.2) is 17.8 Å². The second-order valence-corrected chi connectivity index (χ2v) is 11.7. The van der Waals surface area contributed by atoms with Crippen molar-refractivity contribution in [3.63, 3.8) is 0 Å². The van der Waals surface area contributed by atoms with Crippen molar-refractivity contribution < 1.29 is 12.8 Å². The Balaban J connectivity index is 1.41. The minimum Gasteiger partial charge on any atom is -0.348 e. The summed E-state index contributed by atoms with van der Waals surface area (Å²) in [6.07, 6.45) is 1.48. The van der Waals surface area contributed by atoms with Crippen molar-refractivity contribution in [1.82, 2.24) is 4.98 Å². The first kappa shape index (κ1) is 22.8. The molecule has 0 atom stereocenters. The number of anilines is 1. The molecule has 0 aliphatic carbocycles. The van der Waals surface area contributed by atoms with Crippen molar-refractivity contribution in [1.29, 1.82) is 0 Å². The van der Waals surface area contributed by atoms with Crippen molar-refractivity contribution >= 4 is 61.1 Å². The maximum atomic E-state index is 13.7. The summed E-state index contributed by atoms with van der Waals surface area (Å²) >= 11 is 19.2. The number of aromatic nitrogens is 1. The van der Waals surface area contributed by atoms with E-state index in [4.69, 9.17) is 34.8 Å². The average Bonchev–Trinajstić information content (AvgIpc) is 3.18. The van der Waals surface area contributed by atoms with Crippen molar-refractivity contribution in [2.45, 2.75) is 29.4 Å². The van der Waals surface area contributed by atoms with Crippen LogP contribution in [0.4, 0.5) is 9.52 Å². The lowest BCUT2D eigenvalue weighted by molar-refractivity contribution is 0.529. The van der Waals surface area contributed by atoms with Crippen LogP contribution in [-0.2, 0) is 16.3 Å². The molecule has 4 nitrogen and oxygen atoms in total. The molecule has 0 saturated carbocycles. The number of sulfone groups is 1. The summed E-state index contributed by atoms with van der Waals surface area (Å²) in [5.74, 6) is -0.445. The fourth-order valence-electron chi connectivity index (χ4n) is 3.62. The topological polar surface area (TPSA) is 50.3 Å². The summed E-state index contributed by atoms with van der Waals surface area (Å²) in [5, 5.41) is 3.00. The summed E-state index contributed by atoms with van der Waals surface area (Å²) in [7, 11) is -3.51. The predicted molar refractivity (Wildman–Crippen MR) is 125 cm³/mol. The third kappa shape index (κ3) is 5.17. The third-order valence-corrected chi connectivity index (χ3v) is 9.16. The summed E-state index contributed by atoms with van der Waals surface area (Å²) < 4.78 is 39.7. The van der Waals surface area contributed by atoms with E-state index in [2.05, 4.69) is 9.88 Å². The number of benzene rings is 2. The standard InChI is InChI=1S/C21H18Cl3FN2O2S2/c22-14-9-15(23)11-18(10-14)31(28,29)17-3-5-27(6-4-17)21-26-16(12-30-21)7-13-1-2-19(24)20(25)8-13/h1-2,8-12,17H,3-7H2. The third-order valence-electron chi connectivity index (χ3n) is 5.22. The van der Waals surface area contributed by atoms with Crippen LogP contribution in [0.3, 0.4) is 0 Å². The molecule has 0 amide bonds. The van der Waals surface area contributed by atoms with Gasteiger partial charge < -0.3 is 4.90 Å². The Hall–Kier alpha value is -1.38. The van der Waals surface area contributed by atoms with Gasteiger partial charge in [0.1, 0.15) is 5.82 Å². The number of nitrogens with zero attached hydrogens (tertiary/aromatic N) is 2. The van der Waals surface area contributed by atoms with Crippen LogP contribution < -0.4 is 4.90 Å². The first-order valence-corrected chi connectivity index (χ1v) is 13.1. The van der Waals surface area contributed by atoms with E-state index in [1.165, 1.54) is 41.7 Å². The molecule has 1 aromatic heterocycles. The summed E-state index contributed by atoms with van der Waals surface area (Å²) in [4.78, 5) is 6.91. The Bertz CT molecular complexity index is 1190. The molecule has 0 unspecified atom stereocenters. The normalized spacial score (nSPS) is 15.4. The molecule has 10 heteroatoms. The van der Waals surface area contributed by atoms with Crippen molar-refractivity contribution in [2.24, 2.45) is 0 Å². The average molecular weight is 520 g/mol. The van der Waals surface area contributed by atoms with Gasteiger partial charge in [0.25, 0.3) is 0 Å². The highest BCUT2D eigenvalue weighted by molar-refractivity contribution is 7.92. The lowest BCUT2D eigenvalue weighted by Crippen LogP contribution is -2.39. The van der Waals surface area contributed by atoms with Gasteiger partial charge in [0.05, 0.1) is 20.9 Å². The highest BCUT2D eigenvalue weighted by Crippen LogP contribution is 2.31. The lowest BCUT2D eigenvalue weighted by Gasteiger charge is -2.31. The van der Waals surface area contributed by atoms with Crippen LogP contribution in [0.1, 0.15) is 24.1 Å². The Kier molecular flexibility index (Phi) is 6.79. The van der Waals surface area contributed by atoms with E-state index >= 15 is 0 Å². The van der Waals surface area contributed by atoms with Gasteiger partial charge in [0.15, 0.2) is 15.0 Å². The number of hydrogen-bond donors (Lipinski definition) is 0. The Morgan fingerprint density at radius 1 is 1.06 bits per heavy atom. The SMILES string of the molecule is O=S(=O)(c1cc(Cl)cc(Cl)c1)C1CCN(c2nc(Cc3ccc(Cl)c(F)c3)cs2)CC1. The van der Waals surface area contributed by atoms with E-state index in [0.717, 1.165) is 16.4 Å². The molecule has 0 spiro atoms. The largest absolute Gasteiger partial charge is 0.348 e. The molecule has 164 valence electrons. The first-order valence-electron chi connectivity index (χ1n) is 9.55. The Labute approximate surface area is 199 Å². The van der Waals surface area contributed by atoms with Crippen LogP contribution >= 0.6 is 46.1 Å². The van der Waals surface area contributed by atoms with Crippen LogP contribution in [0.15, 0.2) is 46.7 Å². The molecule has 0 radical (unpaired) electrons. The van der Waals surface area contributed by atoms with E-state index in [1.54, 1.807) is 6.07 Å². The molecule has 1 saturated heterocycles. The van der Waals surface area contributed by atoms with Gasteiger partial charge in [-0.05, 0) is 48.7 Å². The molecule has 2 heterocycles. The van der Waals surface area contributed by atoms with Gasteiger partial charge in [-0.2, -0.15) is 0 Å². The first-order chi connectivity index (χ1) is 14.7. The predicted octanol–water partition coefficient (Wildman–Crippen LogP) is 6.28. The molecule has 3 aromatic rings. The van der Waals surface area contributed by atoms with Gasteiger partial charge in [0, 0.05) is 34.9 Å². The van der Waals surface area contributed by atoms with Gasteiger partial charge in [-0.3, -0.25) is 0 Å². The summed E-state index contributed by atoms with van der Waals surface area (Å²) in [6.45, 7) is 1.17. The van der Waals surface area contributed by atoms with Crippen LogP contribution in [0, 0.1) is 5.82 Å². The fraction of sp³-hybridized carbons (Fsp3) is 0.286. The van der Waals surface area contributed by atoms with Gasteiger partial charge >= 0.3 is 0 Å². The smallest absolute Gasteiger partial charge is 0.185 e. The van der Waals surface area contributed by atoms with Crippen LogP contribution in [0.2, 0.25) is 15.1 Å². The zero-order chi connectivity index (χ0) is 22.2.